The number of methoxy groups -OCH3 is 1. The van der Waals surface area contributed by atoms with Gasteiger partial charge in [0.05, 0.1) is 17.7 Å². The van der Waals surface area contributed by atoms with E-state index in [4.69, 9.17) is 4.74 Å². The van der Waals surface area contributed by atoms with Crippen molar-refractivity contribution in [3.05, 3.63) is 125 Å². The predicted octanol–water partition coefficient (Wildman–Crippen LogP) is 5.92. The van der Waals surface area contributed by atoms with Crippen molar-refractivity contribution in [1.29, 1.82) is 0 Å². The van der Waals surface area contributed by atoms with Gasteiger partial charge in [-0.25, -0.2) is 8.42 Å². The van der Waals surface area contributed by atoms with E-state index in [1.54, 1.807) is 30.3 Å². The molecule has 0 aliphatic heterocycles. The number of ether oxygens (including phenoxy) is 1. The lowest BCUT2D eigenvalue weighted by Gasteiger charge is -2.34. The molecule has 9 heteroatoms. The highest BCUT2D eigenvalue weighted by Gasteiger charge is 2.35. The van der Waals surface area contributed by atoms with Crippen LogP contribution in [0.4, 0.5) is 5.69 Å². The molecule has 0 unspecified atom stereocenters. The average Bonchev–Trinajstić information content (AvgIpc) is 3.05. The first kappa shape index (κ1) is 34.2. The molecule has 0 heterocycles. The molecule has 1 atom stereocenters. The fourth-order valence-corrected chi connectivity index (χ4v) is 6.53. The van der Waals surface area contributed by atoms with Gasteiger partial charge >= 0.3 is 0 Å². The normalized spacial score (nSPS) is 12.0. The van der Waals surface area contributed by atoms with E-state index < -0.39 is 28.5 Å². The molecule has 0 fully saturated rings. The van der Waals surface area contributed by atoms with Gasteiger partial charge in [-0.2, -0.15) is 0 Å². The minimum atomic E-state index is -4.23. The van der Waals surface area contributed by atoms with Crippen LogP contribution in [-0.4, -0.2) is 51.4 Å². The summed E-state index contributed by atoms with van der Waals surface area (Å²) in [6.07, 6.45) is 0.252. The lowest BCUT2D eigenvalue weighted by molar-refractivity contribution is -0.140. The van der Waals surface area contributed by atoms with E-state index in [-0.39, 0.29) is 35.4 Å². The van der Waals surface area contributed by atoms with Crippen LogP contribution in [0, 0.1) is 19.8 Å². The fourth-order valence-electron chi connectivity index (χ4n) is 5.09. The summed E-state index contributed by atoms with van der Waals surface area (Å²) in [5.74, 6) is -0.325. The summed E-state index contributed by atoms with van der Waals surface area (Å²) < 4.78 is 35.2. The molecule has 46 heavy (non-hydrogen) atoms. The lowest BCUT2D eigenvalue weighted by atomic mass is 10.0. The molecule has 0 saturated heterocycles. The Morgan fingerprint density at radius 1 is 0.804 bits per heavy atom. The number of sulfonamides is 1. The van der Waals surface area contributed by atoms with Crippen LogP contribution in [0.2, 0.25) is 0 Å². The molecule has 4 rings (SSSR count). The number of anilines is 1. The maximum Gasteiger partial charge on any atom is 0.264 e. The van der Waals surface area contributed by atoms with Crippen LogP contribution >= 0.6 is 0 Å². The molecule has 0 aliphatic rings. The highest BCUT2D eigenvalue weighted by Crippen LogP contribution is 2.34. The zero-order valence-electron chi connectivity index (χ0n) is 27.1. The quantitative estimate of drug-likeness (QED) is 0.185. The predicted molar refractivity (Wildman–Crippen MR) is 182 cm³/mol. The summed E-state index contributed by atoms with van der Waals surface area (Å²) in [6, 6.07) is 29.5. The van der Waals surface area contributed by atoms with Crippen LogP contribution in [0.25, 0.3) is 0 Å². The van der Waals surface area contributed by atoms with E-state index in [1.165, 1.54) is 24.1 Å². The van der Waals surface area contributed by atoms with Gasteiger partial charge < -0.3 is 15.0 Å². The van der Waals surface area contributed by atoms with Crippen LogP contribution in [0.1, 0.15) is 36.1 Å². The average molecular weight is 642 g/mol. The van der Waals surface area contributed by atoms with Gasteiger partial charge in [0, 0.05) is 19.5 Å². The minimum Gasteiger partial charge on any atom is -0.495 e. The Hall–Kier alpha value is -4.63. The molecule has 0 aliphatic carbocycles. The molecular formula is C37H43N3O5S. The molecule has 4 aromatic rings. The van der Waals surface area contributed by atoms with Gasteiger partial charge in [0.1, 0.15) is 18.3 Å². The molecule has 0 bridgehead atoms. The van der Waals surface area contributed by atoms with Crippen molar-refractivity contribution in [2.45, 2.75) is 51.6 Å². The van der Waals surface area contributed by atoms with Crippen LogP contribution in [0.15, 0.2) is 108 Å². The second kappa shape index (κ2) is 15.6. The number of hydrogen-bond acceptors (Lipinski definition) is 5. The summed E-state index contributed by atoms with van der Waals surface area (Å²) >= 11 is 0. The van der Waals surface area contributed by atoms with E-state index >= 15 is 0 Å². The van der Waals surface area contributed by atoms with Crippen molar-refractivity contribution < 1.29 is 22.7 Å². The molecule has 242 valence electrons. The number of nitrogens with zero attached hydrogens (tertiary/aromatic N) is 2. The SMILES string of the molecule is COc1ccc(C)cc1N(CC(=O)N(Cc1ccc(C)cc1)[C@H](Cc1ccccc1)C(=O)NCC(C)C)S(=O)(=O)c1ccccc1. The Morgan fingerprint density at radius 2 is 1.41 bits per heavy atom. The maximum absolute atomic E-state index is 14.6. The number of benzene rings is 4. The van der Waals surface area contributed by atoms with Gasteiger partial charge in [-0.05, 0) is 60.7 Å². The number of carbonyl (C=O) groups is 2. The van der Waals surface area contributed by atoms with Crippen LogP contribution in [-0.2, 0) is 32.6 Å². The van der Waals surface area contributed by atoms with Crippen molar-refractivity contribution in [1.82, 2.24) is 10.2 Å². The van der Waals surface area contributed by atoms with Gasteiger partial charge in [0.15, 0.2) is 0 Å². The van der Waals surface area contributed by atoms with Gasteiger partial charge in [-0.1, -0.05) is 98.3 Å². The first-order valence-corrected chi connectivity index (χ1v) is 16.8. The zero-order chi connectivity index (χ0) is 33.3. The van der Waals surface area contributed by atoms with Crippen molar-refractivity contribution in [2.75, 3.05) is 24.5 Å². The monoisotopic (exact) mass is 641 g/mol. The number of hydrogen-bond donors (Lipinski definition) is 1. The number of rotatable bonds is 14. The third kappa shape index (κ3) is 8.75. The molecule has 0 aromatic heterocycles. The van der Waals surface area contributed by atoms with Crippen molar-refractivity contribution >= 4 is 27.5 Å². The summed E-state index contributed by atoms with van der Waals surface area (Å²) in [6.45, 7) is 7.82. The van der Waals surface area contributed by atoms with Gasteiger partial charge in [-0.15, -0.1) is 0 Å². The van der Waals surface area contributed by atoms with Crippen LogP contribution in [0.3, 0.4) is 0 Å². The number of amides is 2. The summed E-state index contributed by atoms with van der Waals surface area (Å²) in [4.78, 5) is 30.1. The van der Waals surface area contributed by atoms with Crippen LogP contribution < -0.4 is 14.4 Å². The van der Waals surface area contributed by atoms with Crippen LogP contribution in [0.5, 0.6) is 5.75 Å². The maximum atomic E-state index is 14.6. The van der Waals surface area contributed by atoms with E-state index in [1.807, 2.05) is 88.4 Å². The summed E-state index contributed by atoms with van der Waals surface area (Å²) in [5.41, 5.74) is 3.79. The Kier molecular flexibility index (Phi) is 11.6. The molecule has 0 spiro atoms. The summed E-state index contributed by atoms with van der Waals surface area (Å²) in [7, 11) is -2.77. The van der Waals surface area contributed by atoms with Gasteiger partial charge in [-0.3, -0.25) is 13.9 Å². The number of carbonyl (C=O) groups excluding carboxylic acids is 2. The van der Waals surface area contributed by atoms with Crippen molar-refractivity contribution in [3.63, 3.8) is 0 Å². The highest BCUT2D eigenvalue weighted by molar-refractivity contribution is 7.92. The number of aryl methyl sites for hydroxylation is 2. The smallest absolute Gasteiger partial charge is 0.264 e. The van der Waals surface area contributed by atoms with Gasteiger partial charge in [0.25, 0.3) is 10.0 Å². The molecule has 8 nitrogen and oxygen atoms in total. The van der Waals surface area contributed by atoms with E-state index in [0.29, 0.717) is 12.3 Å². The molecule has 1 N–H and O–H groups in total. The van der Waals surface area contributed by atoms with Crippen molar-refractivity contribution in [2.24, 2.45) is 5.92 Å². The second-order valence-electron chi connectivity index (χ2n) is 11.9. The lowest BCUT2D eigenvalue weighted by Crippen LogP contribution is -2.53. The molecule has 4 aromatic carbocycles. The highest BCUT2D eigenvalue weighted by atomic mass is 32.2. The molecule has 0 radical (unpaired) electrons. The third-order valence-corrected chi connectivity index (χ3v) is 9.42. The Morgan fingerprint density at radius 3 is 2.02 bits per heavy atom. The van der Waals surface area contributed by atoms with Gasteiger partial charge in [0.2, 0.25) is 11.8 Å². The van der Waals surface area contributed by atoms with E-state index in [9.17, 15) is 18.0 Å². The summed E-state index contributed by atoms with van der Waals surface area (Å²) in [5, 5.41) is 3.01. The standard InChI is InChI=1S/C37H43N3O5S/c1-27(2)24-38-37(42)34(23-30-12-8-6-9-13-30)39(25-31-19-16-28(3)17-20-31)36(41)26-40(33-22-29(4)18-21-35(33)45-5)46(43,44)32-14-10-7-11-15-32/h6-22,27,34H,23-26H2,1-5H3,(H,38,42)/t34-/m1/s1. The fraction of sp³-hybridized carbons (Fsp3) is 0.297. The number of nitrogens with one attached hydrogen (secondary N) is 1. The van der Waals surface area contributed by atoms with E-state index in [2.05, 4.69) is 5.32 Å². The molecule has 0 saturated carbocycles. The molecule has 2 amide bonds. The largest absolute Gasteiger partial charge is 0.495 e. The Bertz CT molecular complexity index is 1710. The Labute approximate surface area is 273 Å². The second-order valence-corrected chi connectivity index (χ2v) is 13.7. The third-order valence-electron chi connectivity index (χ3n) is 7.64. The molecular weight excluding hydrogens is 598 g/mol. The first-order valence-electron chi connectivity index (χ1n) is 15.4. The zero-order valence-corrected chi connectivity index (χ0v) is 28.0. The first-order chi connectivity index (χ1) is 22.0. The van der Waals surface area contributed by atoms with Crippen molar-refractivity contribution in [3.8, 4) is 5.75 Å². The Balaban J connectivity index is 1.83. The minimum absolute atomic E-state index is 0.0342. The van der Waals surface area contributed by atoms with E-state index in [0.717, 1.165) is 26.6 Å². The topological polar surface area (TPSA) is 96.0 Å².